The summed E-state index contributed by atoms with van der Waals surface area (Å²) in [6, 6.07) is 15.1. The van der Waals surface area contributed by atoms with E-state index in [-0.39, 0.29) is 23.2 Å². The van der Waals surface area contributed by atoms with Crippen molar-refractivity contribution in [2.45, 2.75) is 24.9 Å². The first-order chi connectivity index (χ1) is 16.0. The fraction of sp³-hybridized carbons (Fsp3) is 0.250. The van der Waals surface area contributed by atoms with E-state index in [0.717, 1.165) is 30.2 Å². The monoisotopic (exact) mass is 467 g/mol. The molecule has 0 spiro atoms. The Bertz CT molecular complexity index is 1140. The number of esters is 1. The van der Waals surface area contributed by atoms with Crippen LogP contribution in [0.25, 0.3) is 11.3 Å². The Labute approximate surface area is 195 Å². The van der Waals surface area contributed by atoms with Gasteiger partial charge in [0.15, 0.2) is 5.16 Å². The second-order valence-electron chi connectivity index (χ2n) is 7.07. The maximum absolute atomic E-state index is 12.3. The van der Waals surface area contributed by atoms with E-state index in [2.05, 4.69) is 15.3 Å². The van der Waals surface area contributed by atoms with Crippen LogP contribution >= 0.6 is 11.8 Å². The fourth-order valence-electron chi connectivity index (χ4n) is 2.83. The molecule has 172 valence electrons. The second kappa shape index (κ2) is 11.9. The second-order valence-corrected chi connectivity index (χ2v) is 8.03. The molecule has 3 aromatic rings. The molecule has 2 N–H and O–H groups in total. The van der Waals surface area contributed by atoms with Gasteiger partial charge in [-0.2, -0.15) is 0 Å². The number of hydrogen-bond donors (Lipinski definition) is 2. The maximum atomic E-state index is 12.3. The van der Waals surface area contributed by atoms with E-state index in [9.17, 15) is 14.4 Å². The summed E-state index contributed by atoms with van der Waals surface area (Å²) in [6.45, 7) is 2.41. The van der Waals surface area contributed by atoms with Crippen LogP contribution in [0.15, 0.2) is 64.5 Å². The number of hydrogen-bond acceptors (Lipinski definition) is 7. The zero-order valence-electron chi connectivity index (χ0n) is 18.4. The van der Waals surface area contributed by atoms with Gasteiger partial charge in [0.05, 0.1) is 30.7 Å². The third kappa shape index (κ3) is 7.21. The molecule has 33 heavy (non-hydrogen) atoms. The molecule has 1 heterocycles. The molecule has 8 nitrogen and oxygen atoms in total. The highest BCUT2D eigenvalue weighted by molar-refractivity contribution is 7.99. The molecule has 0 radical (unpaired) electrons. The number of amides is 1. The molecule has 0 bridgehead atoms. The number of carbonyl (C=O) groups excluding carboxylic acids is 2. The molecular weight excluding hydrogens is 442 g/mol. The first-order valence-electron chi connectivity index (χ1n) is 10.4. The van der Waals surface area contributed by atoms with Gasteiger partial charge in [-0.05, 0) is 55.0 Å². The van der Waals surface area contributed by atoms with Gasteiger partial charge in [-0.1, -0.05) is 25.1 Å². The topological polar surface area (TPSA) is 110 Å². The number of nitrogens with one attached hydrogen (secondary N) is 2. The van der Waals surface area contributed by atoms with Gasteiger partial charge in [0.2, 0.25) is 5.91 Å². The van der Waals surface area contributed by atoms with Gasteiger partial charge < -0.3 is 19.8 Å². The Morgan fingerprint density at radius 1 is 1.09 bits per heavy atom. The standard InChI is InChI=1S/C24H25N3O5S/c1-3-4-13-32-23(30)17-5-9-18(10-6-17)25-22(29)15-33-24-26-20(14-21(28)27-24)16-7-11-19(31-2)12-8-16/h5-12,14H,3-4,13,15H2,1-2H3,(H,25,29)(H,26,27,28). The number of benzene rings is 2. The van der Waals surface area contributed by atoms with Crippen molar-refractivity contribution in [2.24, 2.45) is 0 Å². The molecular formula is C24H25N3O5S. The average Bonchev–Trinajstić information content (AvgIpc) is 2.83. The van der Waals surface area contributed by atoms with E-state index in [1.807, 2.05) is 19.1 Å². The van der Waals surface area contributed by atoms with Gasteiger partial charge in [0, 0.05) is 17.3 Å². The molecule has 0 aliphatic carbocycles. The summed E-state index contributed by atoms with van der Waals surface area (Å²) in [5.41, 5.74) is 1.95. The SMILES string of the molecule is CCCCOC(=O)c1ccc(NC(=O)CSc2nc(-c3ccc(OC)cc3)cc(=O)[nH]2)cc1. The molecule has 0 atom stereocenters. The Morgan fingerprint density at radius 2 is 1.82 bits per heavy atom. The molecule has 2 aromatic carbocycles. The predicted octanol–water partition coefficient (Wildman–Crippen LogP) is 4.13. The van der Waals surface area contributed by atoms with Gasteiger partial charge in [-0.15, -0.1) is 0 Å². The Balaban J connectivity index is 1.56. The lowest BCUT2D eigenvalue weighted by atomic mass is 10.1. The van der Waals surface area contributed by atoms with E-state index < -0.39 is 0 Å². The molecule has 9 heteroatoms. The fourth-order valence-corrected chi connectivity index (χ4v) is 3.50. The van der Waals surface area contributed by atoms with Crippen LogP contribution in [0, 0.1) is 0 Å². The molecule has 0 aliphatic rings. The predicted molar refractivity (Wildman–Crippen MR) is 128 cm³/mol. The number of aromatic amines is 1. The maximum Gasteiger partial charge on any atom is 0.338 e. The first-order valence-corrected chi connectivity index (χ1v) is 11.4. The summed E-state index contributed by atoms with van der Waals surface area (Å²) in [5, 5.41) is 3.10. The minimum absolute atomic E-state index is 0.0514. The zero-order valence-corrected chi connectivity index (χ0v) is 19.2. The van der Waals surface area contributed by atoms with Crippen LogP contribution in [-0.2, 0) is 9.53 Å². The number of unbranched alkanes of at least 4 members (excludes halogenated alkanes) is 1. The highest BCUT2D eigenvalue weighted by Gasteiger charge is 2.10. The van der Waals surface area contributed by atoms with Crippen molar-refractivity contribution >= 4 is 29.3 Å². The van der Waals surface area contributed by atoms with Crippen LogP contribution in [0.3, 0.4) is 0 Å². The van der Waals surface area contributed by atoms with Gasteiger partial charge in [-0.25, -0.2) is 9.78 Å². The van der Waals surface area contributed by atoms with E-state index in [1.54, 1.807) is 43.5 Å². The smallest absolute Gasteiger partial charge is 0.338 e. The number of thioether (sulfide) groups is 1. The highest BCUT2D eigenvalue weighted by Crippen LogP contribution is 2.22. The quantitative estimate of drug-likeness (QED) is 0.200. The molecule has 0 fully saturated rings. The van der Waals surface area contributed by atoms with Gasteiger partial charge in [0.25, 0.3) is 5.56 Å². The molecule has 1 amide bonds. The molecule has 0 unspecified atom stereocenters. The minimum Gasteiger partial charge on any atom is -0.497 e. The summed E-state index contributed by atoms with van der Waals surface area (Å²) < 4.78 is 10.3. The summed E-state index contributed by atoms with van der Waals surface area (Å²) in [6.07, 6.45) is 1.77. The van der Waals surface area contributed by atoms with Crippen molar-refractivity contribution in [3.8, 4) is 17.0 Å². The first kappa shape index (κ1) is 24.1. The molecule has 0 saturated heterocycles. The van der Waals surface area contributed by atoms with Crippen molar-refractivity contribution in [1.29, 1.82) is 0 Å². The van der Waals surface area contributed by atoms with E-state index in [0.29, 0.717) is 34.5 Å². The van der Waals surface area contributed by atoms with Crippen LogP contribution in [0.2, 0.25) is 0 Å². The van der Waals surface area contributed by atoms with Gasteiger partial charge >= 0.3 is 5.97 Å². The van der Waals surface area contributed by atoms with Crippen LogP contribution in [0.4, 0.5) is 5.69 Å². The lowest BCUT2D eigenvalue weighted by Crippen LogP contribution is -2.15. The Morgan fingerprint density at radius 3 is 2.48 bits per heavy atom. The van der Waals surface area contributed by atoms with Gasteiger partial charge in [-0.3, -0.25) is 9.59 Å². The lowest BCUT2D eigenvalue weighted by Gasteiger charge is -2.08. The minimum atomic E-state index is -0.386. The lowest BCUT2D eigenvalue weighted by molar-refractivity contribution is -0.113. The van der Waals surface area contributed by atoms with Crippen LogP contribution < -0.4 is 15.6 Å². The number of nitrogens with zero attached hydrogens (tertiary/aromatic N) is 1. The Hall–Kier alpha value is -3.59. The Kier molecular flexibility index (Phi) is 8.65. The number of carbonyl (C=O) groups is 2. The van der Waals surface area contributed by atoms with Crippen LogP contribution in [0.1, 0.15) is 30.1 Å². The summed E-state index contributed by atoms with van der Waals surface area (Å²) >= 11 is 1.12. The number of methoxy groups -OCH3 is 1. The van der Waals surface area contributed by atoms with Crippen LogP contribution in [0.5, 0.6) is 5.75 Å². The molecule has 1 aromatic heterocycles. The molecule has 3 rings (SSSR count). The van der Waals surface area contributed by atoms with E-state index in [4.69, 9.17) is 9.47 Å². The molecule has 0 aliphatic heterocycles. The highest BCUT2D eigenvalue weighted by atomic mass is 32.2. The van der Waals surface area contributed by atoms with Crippen LogP contribution in [-0.4, -0.2) is 41.3 Å². The number of ether oxygens (including phenoxy) is 2. The molecule has 0 saturated carbocycles. The summed E-state index contributed by atoms with van der Waals surface area (Å²) in [7, 11) is 1.58. The van der Waals surface area contributed by atoms with Crippen molar-refractivity contribution in [3.05, 3.63) is 70.5 Å². The van der Waals surface area contributed by atoms with E-state index >= 15 is 0 Å². The zero-order chi connectivity index (χ0) is 23.6. The van der Waals surface area contributed by atoms with Crippen molar-refractivity contribution in [1.82, 2.24) is 9.97 Å². The normalized spacial score (nSPS) is 10.5. The number of H-pyrrole nitrogens is 1. The largest absolute Gasteiger partial charge is 0.497 e. The summed E-state index contributed by atoms with van der Waals surface area (Å²) in [5.74, 6) is 0.103. The van der Waals surface area contributed by atoms with E-state index in [1.165, 1.54) is 6.07 Å². The van der Waals surface area contributed by atoms with Crippen molar-refractivity contribution < 1.29 is 19.1 Å². The summed E-state index contributed by atoms with van der Waals surface area (Å²) in [4.78, 5) is 43.4. The third-order valence-corrected chi connectivity index (χ3v) is 5.45. The third-order valence-electron chi connectivity index (χ3n) is 4.58. The van der Waals surface area contributed by atoms with Crippen molar-refractivity contribution in [3.63, 3.8) is 0 Å². The number of anilines is 1. The average molecular weight is 468 g/mol. The van der Waals surface area contributed by atoms with Crippen molar-refractivity contribution in [2.75, 3.05) is 24.8 Å². The number of rotatable bonds is 10. The number of aromatic nitrogens is 2. The van der Waals surface area contributed by atoms with Gasteiger partial charge in [0.1, 0.15) is 5.75 Å².